The quantitative estimate of drug-likeness (QED) is 0.752. The van der Waals surface area contributed by atoms with Crippen molar-refractivity contribution in [1.29, 1.82) is 0 Å². The second-order valence-electron chi connectivity index (χ2n) is 7.67. The maximum atomic E-state index is 6.57. The van der Waals surface area contributed by atoms with E-state index in [1.54, 1.807) is 0 Å². The first kappa shape index (κ1) is 17.8. The highest BCUT2D eigenvalue weighted by Crippen LogP contribution is 2.21. The zero-order chi connectivity index (χ0) is 15.8. The molecule has 1 aromatic carbocycles. The average Bonchev–Trinajstić information content (AvgIpc) is 2.16. The Balaban J connectivity index is 3.25. The third kappa shape index (κ3) is 5.29. The molecule has 0 amide bonds. The number of hydrogen-bond donors (Lipinski definition) is 0. The van der Waals surface area contributed by atoms with Crippen LogP contribution in [0.1, 0.15) is 11.1 Å². The highest BCUT2D eigenvalue weighted by molar-refractivity contribution is 6.94. The molecule has 0 saturated carbocycles. The van der Waals surface area contributed by atoms with Gasteiger partial charge in [-0.1, -0.05) is 18.2 Å². The fourth-order valence-electron chi connectivity index (χ4n) is 2.33. The molecule has 114 valence electrons. The van der Waals surface area contributed by atoms with Crippen LogP contribution >= 0.6 is 0 Å². The fraction of sp³-hybridized carbons (Fsp3) is 0.600. The first-order chi connectivity index (χ1) is 8.82. The molecule has 0 unspecified atom stereocenters. The second-order valence-corrected chi connectivity index (χ2v) is 20.2. The van der Waals surface area contributed by atoms with Gasteiger partial charge in [-0.25, -0.2) is 0 Å². The molecule has 0 aliphatic carbocycles. The largest absolute Gasteiger partial charge is 0.433 e. The van der Waals surface area contributed by atoms with Crippen LogP contribution in [0.2, 0.25) is 45.8 Å². The lowest BCUT2D eigenvalue weighted by Crippen LogP contribution is -2.60. The Morgan fingerprint density at radius 3 is 1.50 bits per heavy atom. The summed E-state index contributed by atoms with van der Waals surface area (Å²) in [6, 6.07) is 6.66. The van der Waals surface area contributed by atoms with Gasteiger partial charge in [0.2, 0.25) is 0 Å². The van der Waals surface area contributed by atoms with Crippen molar-refractivity contribution in [3.05, 3.63) is 29.3 Å². The van der Waals surface area contributed by atoms with E-state index in [0.29, 0.717) is 0 Å². The second kappa shape index (κ2) is 5.88. The monoisotopic (exact) mass is 326 g/mol. The normalized spacial score (nSPS) is 13.7. The Labute approximate surface area is 128 Å². The first-order valence-corrected chi connectivity index (χ1v) is 16.4. The van der Waals surface area contributed by atoms with Crippen LogP contribution in [0.3, 0.4) is 0 Å². The van der Waals surface area contributed by atoms with Crippen molar-refractivity contribution in [2.75, 3.05) is 0 Å². The molecule has 0 aliphatic rings. The number of benzene rings is 1. The van der Waals surface area contributed by atoms with Crippen LogP contribution in [0.5, 0.6) is 0 Å². The molecule has 0 bridgehead atoms. The van der Waals surface area contributed by atoms with Gasteiger partial charge in [-0.15, -0.1) is 0 Å². The van der Waals surface area contributed by atoms with E-state index in [0.717, 1.165) is 0 Å². The summed E-state index contributed by atoms with van der Waals surface area (Å²) in [4.78, 5) is 0. The summed E-state index contributed by atoms with van der Waals surface area (Å²) in [7, 11) is -5.62. The molecular formula is C15H30O2Si3. The van der Waals surface area contributed by atoms with E-state index in [1.165, 1.54) is 16.3 Å². The fourth-order valence-corrected chi connectivity index (χ4v) is 14.0. The van der Waals surface area contributed by atoms with Gasteiger partial charge in [-0.2, -0.15) is 0 Å². The molecule has 0 saturated heterocycles. The zero-order valence-corrected chi connectivity index (χ0v) is 17.5. The highest BCUT2D eigenvalue weighted by Gasteiger charge is 2.42. The predicted molar refractivity (Wildman–Crippen MR) is 96.0 cm³/mol. The van der Waals surface area contributed by atoms with Gasteiger partial charge in [0.05, 0.1) is 0 Å². The van der Waals surface area contributed by atoms with Crippen molar-refractivity contribution in [3.63, 3.8) is 0 Å². The SMILES string of the molecule is Cc1ccc([Si](C)(O[Si](C)(C)C)O[Si](C)(C)C)cc1C. The van der Waals surface area contributed by atoms with Crippen LogP contribution in [0, 0.1) is 13.8 Å². The van der Waals surface area contributed by atoms with Crippen LogP contribution in [-0.2, 0) is 8.23 Å². The van der Waals surface area contributed by atoms with Crippen molar-refractivity contribution in [3.8, 4) is 0 Å². The molecule has 5 heteroatoms. The molecule has 2 nitrogen and oxygen atoms in total. The topological polar surface area (TPSA) is 18.5 Å². The van der Waals surface area contributed by atoms with Gasteiger partial charge in [0.1, 0.15) is 0 Å². The third-order valence-corrected chi connectivity index (χ3v) is 12.4. The molecule has 0 fully saturated rings. The Kier molecular flexibility index (Phi) is 5.25. The number of hydrogen-bond acceptors (Lipinski definition) is 2. The van der Waals surface area contributed by atoms with Gasteiger partial charge in [-0.05, 0) is 76.0 Å². The van der Waals surface area contributed by atoms with Gasteiger partial charge in [0.25, 0.3) is 0 Å². The van der Waals surface area contributed by atoms with Crippen molar-refractivity contribution >= 4 is 30.4 Å². The lowest BCUT2D eigenvalue weighted by Gasteiger charge is -2.38. The summed E-state index contributed by atoms with van der Waals surface area (Å²) in [6.45, 7) is 20.0. The Morgan fingerprint density at radius 1 is 0.700 bits per heavy atom. The molecule has 0 spiro atoms. The van der Waals surface area contributed by atoms with E-state index in [-0.39, 0.29) is 0 Å². The molecule has 1 rings (SSSR count). The molecule has 0 aromatic heterocycles. The van der Waals surface area contributed by atoms with E-state index >= 15 is 0 Å². The van der Waals surface area contributed by atoms with Gasteiger partial charge in [-0.3, -0.25) is 0 Å². The van der Waals surface area contributed by atoms with Crippen LogP contribution < -0.4 is 5.19 Å². The Morgan fingerprint density at radius 2 is 1.15 bits per heavy atom. The smallest absolute Gasteiger partial charge is 0.348 e. The molecule has 1 aromatic rings. The van der Waals surface area contributed by atoms with E-state index in [2.05, 4.69) is 77.9 Å². The molecule has 0 radical (unpaired) electrons. The zero-order valence-electron chi connectivity index (χ0n) is 14.5. The van der Waals surface area contributed by atoms with Crippen molar-refractivity contribution in [1.82, 2.24) is 0 Å². The summed E-state index contributed by atoms with van der Waals surface area (Å²) in [5.74, 6) is 0. The molecule has 0 atom stereocenters. The molecule has 0 N–H and O–H groups in total. The average molecular weight is 327 g/mol. The van der Waals surface area contributed by atoms with Crippen molar-refractivity contribution in [2.45, 2.75) is 59.7 Å². The lowest BCUT2D eigenvalue weighted by atomic mass is 10.1. The standard InChI is InChI=1S/C15H30O2Si3/c1-13-10-11-15(12-14(13)2)20(9,16-18(3,4)5)17-19(6,7)8/h10-12H,1-9H3. The van der Waals surface area contributed by atoms with Crippen LogP contribution in [0.15, 0.2) is 18.2 Å². The summed E-state index contributed by atoms with van der Waals surface area (Å²) in [6.07, 6.45) is 0. The predicted octanol–water partition coefficient (Wildman–Crippen LogP) is 4.29. The van der Waals surface area contributed by atoms with E-state index < -0.39 is 25.2 Å². The lowest BCUT2D eigenvalue weighted by molar-refractivity contribution is 0.404. The summed E-state index contributed by atoms with van der Waals surface area (Å²) >= 11 is 0. The van der Waals surface area contributed by atoms with E-state index in [1.807, 2.05) is 0 Å². The van der Waals surface area contributed by atoms with Gasteiger partial charge in [0.15, 0.2) is 16.6 Å². The van der Waals surface area contributed by atoms with E-state index in [9.17, 15) is 0 Å². The van der Waals surface area contributed by atoms with Crippen LogP contribution in [0.4, 0.5) is 0 Å². The Hall–Kier alpha value is -0.209. The minimum atomic E-state index is -2.33. The summed E-state index contributed by atoms with van der Waals surface area (Å²) in [5, 5.41) is 1.27. The van der Waals surface area contributed by atoms with Gasteiger partial charge in [0, 0.05) is 0 Å². The molecule has 0 heterocycles. The molecular weight excluding hydrogens is 296 g/mol. The highest BCUT2D eigenvalue weighted by atomic mass is 28.5. The first-order valence-electron chi connectivity index (χ1n) is 7.30. The van der Waals surface area contributed by atoms with E-state index in [4.69, 9.17) is 8.23 Å². The number of aryl methyl sites for hydroxylation is 2. The number of rotatable bonds is 5. The van der Waals surface area contributed by atoms with Crippen LogP contribution in [0.25, 0.3) is 0 Å². The van der Waals surface area contributed by atoms with Crippen LogP contribution in [-0.4, -0.2) is 25.2 Å². The summed E-state index contributed by atoms with van der Waals surface area (Å²) < 4.78 is 13.1. The van der Waals surface area contributed by atoms with Crippen molar-refractivity contribution < 1.29 is 8.23 Å². The molecule has 20 heavy (non-hydrogen) atoms. The van der Waals surface area contributed by atoms with Gasteiger partial charge < -0.3 is 8.23 Å². The molecule has 0 aliphatic heterocycles. The maximum absolute atomic E-state index is 6.57. The van der Waals surface area contributed by atoms with Crippen molar-refractivity contribution in [2.24, 2.45) is 0 Å². The summed E-state index contributed by atoms with van der Waals surface area (Å²) in [5.41, 5.74) is 2.64. The third-order valence-electron chi connectivity index (χ3n) is 3.03. The maximum Gasteiger partial charge on any atom is 0.348 e. The minimum absolute atomic E-state index is 1.27. The van der Waals surface area contributed by atoms with Gasteiger partial charge >= 0.3 is 8.56 Å². The Bertz CT molecular complexity index is 457. The minimum Gasteiger partial charge on any atom is -0.433 e.